The summed E-state index contributed by atoms with van der Waals surface area (Å²) in [6.45, 7) is 0. The van der Waals surface area contributed by atoms with E-state index < -0.39 is 29.1 Å². The van der Waals surface area contributed by atoms with Gasteiger partial charge < -0.3 is 15.6 Å². The number of carbonyl (C=O) groups is 2. The van der Waals surface area contributed by atoms with Gasteiger partial charge in [-0.25, -0.2) is 13.6 Å². The molecule has 1 aromatic rings. The largest absolute Gasteiger partial charge is 0.480 e. The minimum atomic E-state index is -2.01. The summed E-state index contributed by atoms with van der Waals surface area (Å²) in [5, 5.41) is 9.04. The maximum absolute atomic E-state index is 13.5. The first-order valence-electron chi connectivity index (χ1n) is 5.84. The maximum Gasteiger partial charge on any atom is 0.331 e. The summed E-state index contributed by atoms with van der Waals surface area (Å²) in [4.78, 5) is 22.1. The summed E-state index contributed by atoms with van der Waals surface area (Å²) in [7, 11) is 0. The molecule has 4 nitrogen and oxygen atoms in total. The minimum Gasteiger partial charge on any atom is -0.480 e. The molecule has 0 radical (unpaired) electrons. The summed E-state index contributed by atoms with van der Waals surface area (Å²) < 4.78 is 26.7. The van der Waals surface area contributed by atoms with Crippen LogP contribution in [0.4, 0.5) is 8.78 Å². The predicted molar refractivity (Wildman–Crippen MR) is 62.5 cm³/mol. The van der Waals surface area contributed by atoms with Gasteiger partial charge in [-0.3, -0.25) is 0 Å². The van der Waals surface area contributed by atoms with Crippen LogP contribution < -0.4 is 5.73 Å². The van der Waals surface area contributed by atoms with Crippen molar-refractivity contribution in [1.82, 2.24) is 0 Å². The molecule has 102 valence electrons. The fraction of sp³-hybridized carbons (Fsp3) is 0.385. The number of hydrogen-bond acceptors (Lipinski definition) is 3. The number of aliphatic carboxylic acids is 1. The van der Waals surface area contributed by atoms with Crippen LogP contribution in [-0.2, 0) is 22.4 Å². The SMILES string of the molecule is NC(C=O)(C(=O)O)C1CCc2c(F)cc(F)cc2C1. The van der Waals surface area contributed by atoms with Gasteiger partial charge in [0.25, 0.3) is 0 Å². The molecule has 2 rings (SSSR count). The van der Waals surface area contributed by atoms with Crippen molar-refractivity contribution in [2.24, 2.45) is 11.7 Å². The lowest BCUT2D eigenvalue weighted by atomic mass is 9.73. The summed E-state index contributed by atoms with van der Waals surface area (Å²) in [5.74, 6) is -3.46. The molecule has 3 N–H and O–H groups in total. The van der Waals surface area contributed by atoms with Crippen LogP contribution in [0, 0.1) is 17.6 Å². The topological polar surface area (TPSA) is 80.4 Å². The first kappa shape index (κ1) is 13.6. The molecule has 0 aliphatic heterocycles. The molecule has 2 atom stereocenters. The monoisotopic (exact) mass is 269 g/mol. The number of hydrogen-bond donors (Lipinski definition) is 2. The fourth-order valence-electron chi connectivity index (χ4n) is 2.53. The van der Waals surface area contributed by atoms with E-state index in [0.717, 1.165) is 12.1 Å². The highest BCUT2D eigenvalue weighted by Gasteiger charge is 2.44. The molecule has 1 aromatic carbocycles. The minimum absolute atomic E-state index is 0.0750. The van der Waals surface area contributed by atoms with Gasteiger partial charge in [0.1, 0.15) is 11.6 Å². The fourth-order valence-corrected chi connectivity index (χ4v) is 2.53. The molecular formula is C13H13F2NO3. The van der Waals surface area contributed by atoms with Gasteiger partial charge in [-0.1, -0.05) is 0 Å². The van der Waals surface area contributed by atoms with Crippen molar-refractivity contribution in [1.29, 1.82) is 0 Å². The molecule has 0 saturated heterocycles. The molecule has 0 aromatic heterocycles. The molecule has 0 saturated carbocycles. The average Bonchev–Trinajstić information content (AvgIpc) is 2.36. The van der Waals surface area contributed by atoms with E-state index in [1.54, 1.807) is 0 Å². The van der Waals surface area contributed by atoms with Crippen molar-refractivity contribution in [2.45, 2.75) is 24.8 Å². The van der Waals surface area contributed by atoms with Crippen LogP contribution in [0.15, 0.2) is 12.1 Å². The zero-order chi connectivity index (χ0) is 14.2. The standard InChI is InChI=1S/C13H13F2NO3/c14-9-4-7-3-8(13(16,6-17)12(18)19)1-2-10(7)11(15)5-9/h4-6,8H,1-3,16H2,(H,18,19). The Kier molecular flexibility index (Phi) is 3.36. The third-order valence-corrected chi connectivity index (χ3v) is 3.70. The van der Waals surface area contributed by atoms with E-state index in [2.05, 4.69) is 0 Å². The third kappa shape index (κ3) is 2.23. The van der Waals surface area contributed by atoms with Gasteiger partial charge in [0.15, 0.2) is 11.8 Å². The molecule has 1 aliphatic rings. The highest BCUT2D eigenvalue weighted by Crippen LogP contribution is 2.32. The van der Waals surface area contributed by atoms with Crippen LogP contribution in [-0.4, -0.2) is 22.9 Å². The number of carbonyl (C=O) groups excluding carboxylic acids is 1. The lowest BCUT2D eigenvalue weighted by Gasteiger charge is -2.33. The lowest BCUT2D eigenvalue weighted by Crippen LogP contribution is -2.57. The van der Waals surface area contributed by atoms with Gasteiger partial charge in [-0.15, -0.1) is 0 Å². The van der Waals surface area contributed by atoms with E-state index in [1.807, 2.05) is 0 Å². The molecule has 0 bridgehead atoms. The number of aldehydes is 1. The second kappa shape index (κ2) is 4.70. The van der Waals surface area contributed by atoms with Crippen LogP contribution in [0.2, 0.25) is 0 Å². The Morgan fingerprint density at radius 2 is 2.16 bits per heavy atom. The number of nitrogens with two attached hydrogens (primary N) is 1. The van der Waals surface area contributed by atoms with Gasteiger partial charge in [0.2, 0.25) is 0 Å². The van der Waals surface area contributed by atoms with Crippen molar-refractivity contribution < 1.29 is 23.5 Å². The van der Waals surface area contributed by atoms with Crippen molar-refractivity contribution in [3.8, 4) is 0 Å². The maximum atomic E-state index is 13.5. The molecule has 0 spiro atoms. The molecular weight excluding hydrogens is 256 g/mol. The Morgan fingerprint density at radius 3 is 2.74 bits per heavy atom. The number of halogens is 2. The molecule has 2 unspecified atom stereocenters. The van der Waals surface area contributed by atoms with E-state index in [1.165, 1.54) is 0 Å². The molecule has 0 heterocycles. The quantitative estimate of drug-likeness (QED) is 0.635. The van der Waals surface area contributed by atoms with Crippen LogP contribution in [0.25, 0.3) is 0 Å². The number of carboxylic acid groups (broad SMARTS) is 1. The molecule has 1 aliphatic carbocycles. The van der Waals surface area contributed by atoms with Crippen LogP contribution in [0.1, 0.15) is 17.5 Å². The summed E-state index contributed by atoms with van der Waals surface area (Å²) in [5.41, 5.74) is 4.33. The van der Waals surface area contributed by atoms with E-state index in [9.17, 15) is 18.4 Å². The second-order valence-corrected chi connectivity index (χ2v) is 4.82. The van der Waals surface area contributed by atoms with Crippen molar-refractivity contribution in [3.05, 3.63) is 34.9 Å². The van der Waals surface area contributed by atoms with Gasteiger partial charge in [-0.05, 0) is 42.4 Å². The van der Waals surface area contributed by atoms with Gasteiger partial charge in [0.05, 0.1) is 0 Å². The lowest BCUT2D eigenvalue weighted by molar-refractivity contribution is -0.147. The Labute approximate surface area is 108 Å². The smallest absolute Gasteiger partial charge is 0.331 e. The predicted octanol–water partition coefficient (Wildman–Crippen LogP) is 1.05. The van der Waals surface area contributed by atoms with Crippen LogP contribution in [0.5, 0.6) is 0 Å². The second-order valence-electron chi connectivity index (χ2n) is 4.82. The molecule has 0 amide bonds. The number of carboxylic acids is 1. The molecule has 0 fully saturated rings. The van der Waals surface area contributed by atoms with Crippen molar-refractivity contribution in [2.75, 3.05) is 0 Å². The highest BCUT2D eigenvalue weighted by atomic mass is 19.1. The summed E-state index contributed by atoms with van der Waals surface area (Å²) in [6, 6.07) is 1.96. The van der Waals surface area contributed by atoms with E-state index >= 15 is 0 Å². The van der Waals surface area contributed by atoms with E-state index in [-0.39, 0.29) is 25.5 Å². The van der Waals surface area contributed by atoms with E-state index in [0.29, 0.717) is 11.1 Å². The first-order chi connectivity index (χ1) is 8.88. The Balaban J connectivity index is 2.37. The number of fused-ring (bicyclic) bond motifs is 1. The van der Waals surface area contributed by atoms with Gasteiger partial charge in [0, 0.05) is 6.07 Å². The first-order valence-corrected chi connectivity index (χ1v) is 5.84. The van der Waals surface area contributed by atoms with Crippen molar-refractivity contribution in [3.63, 3.8) is 0 Å². The summed E-state index contributed by atoms with van der Waals surface area (Å²) in [6.07, 6.45) is 0.787. The number of rotatable bonds is 3. The zero-order valence-electron chi connectivity index (χ0n) is 10.0. The number of benzene rings is 1. The zero-order valence-corrected chi connectivity index (χ0v) is 10.0. The molecule has 6 heteroatoms. The van der Waals surface area contributed by atoms with Gasteiger partial charge >= 0.3 is 5.97 Å². The Hall–Kier alpha value is -1.82. The molecule has 19 heavy (non-hydrogen) atoms. The Morgan fingerprint density at radius 1 is 1.47 bits per heavy atom. The summed E-state index contributed by atoms with van der Waals surface area (Å²) >= 11 is 0. The third-order valence-electron chi connectivity index (χ3n) is 3.70. The average molecular weight is 269 g/mol. The normalized spacial score (nSPS) is 21.3. The van der Waals surface area contributed by atoms with Crippen LogP contribution in [0.3, 0.4) is 0 Å². The van der Waals surface area contributed by atoms with Gasteiger partial charge in [-0.2, -0.15) is 0 Å². The van der Waals surface area contributed by atoms with E-state index in [4.69, 9.17) is 10.8 Å². The Bertz CT molecular complexity index is 547. The van der Waals surface area contributed by atoms with Crippen LogP contribution >= 0.6 is 0 Å². The van der Waals surface area contributed by atoms with Crippen molar-refractivity contribution >= 4 is 12.3 Å². The highest BCUT2D eigenvalue weighted by molar-refractivity contribution is 5.97.